The molecule has 1 aliphatic heterocycles. The first-order chi connectivity index (χ1) is 20.1. The summed E-state index contributed by atoms with van der Waals surface area (Å²) in [6, 6.07) is 16.5. The Morgan fingerprint density at radius 3 is 2.55 bits per heavy atom. The summed E-state index contributed by atoms with van der Waals surface area (Å²) in [6.45, 7) is 2.99. The van der Waals surface area contributed by atoms with Crippen LogP contribution in [0.4, 0.5) is 24.8 Å². The largest absolute Gasteiger partial charge is 0.389 e. The third-order valence-corrected chi connectivity index (χ3v) is 6.91. The average Bonchev–Trinajstić information content (AvgIpc) is 3.38. The number of aromatic nitrogens is 4. The number of carbonyl (C=O) groups excluding carboxylic acids is 2. The van der Waals surface area contributed by atoms with Gasteiger partial charge in [0.15, 0.2) is 5.65 Å². The zero-order valence-corrected chi connectivity index (χ0v) is 23.0. The summed E-state index contributed by atoms with van der Waals surface area (Å²) in [5.74, 6) is -0.311. The van der Waals surface area contributed by atoms with Gasteiger partial charge in [-0.05, 0) is 67.4 Å². The smallest absolute Gasteiger partial charge is 0.352 e. The molecule has 0 saturated heterocycles. The van der Waals surface area contributed by atoms with Gasteiger partial charge in [0.2, 0.25) is 11.9 Å². The van der Waals surface area contributed by atoms with Gasteiger partial charge >= 0.3 is 6.18 Å². The van der Waals surface area contributed by atoms with Crippen LogP contribution in [0, 0.1) is 6.92 Å². The molecular weight excluding hydrogens is 547 g/mol. The number of alkyl halides is 3. The topological polar surface area (TPSA) is 105 Å². The summed E-state index contributed by atoms with van der Waals surface area (Å²) in [5, 5.41) is 10.6. The van der Waals surface area contributed by atoms with Gasteiger partial charge in [0.05, 0.1) is 6.42 Å². The molecule has 4 aromatic rings. The molecule has 4 heterocycles. The Balaban J connectivity index is 1.19. The van der Waals surface area contributed by atoms with Gasteiger partial charge in [-0.2, -0.15) is 18.2 Å². The van der Waals surface area contributed by atoms with E-state index in [0.29, 0.717) is 48.8 Å². The second kappa shape index (κ2) is 12.4. The van der Waals surface area contributed by atoms with E-state index in [1.165, 1.54) is 4.90 Å². The summed E-state index contributed by atoms with van der Waals surface area (Å²) in [4.78, 5) is 35.3. The van der Waals surface area contributed by atoms with Crippen molar-refractivity contribution in [3.63, 3.8) is 0 Å². The Bertz CT molecular complexity index is 1610. The van der Waals surface area contributed by atoms with E-state index in [1.807, 2.05) is 43.3 Å². The standard InChI is InChI=1S/C30H30F3N7O2/c1-20-4-2-5-23(35-20)12-16-34-28(42)22-7-9-24(10-8-22)36-29-37-27-25(6-3-17-40(27)38-29)21-13-18-39(19-14-21)26(41)11-15-30(31,32)33/h2-10,13,17H,11-12,14-16,18-19H2,1H3,(H,34,42)(H,36,38). The number of rotatable bonds is 9. The molecule has 1 aromatic carbocycles. The van der Waals surface area contributed by atoms with Crippen LogP contribution in [0.2, 0.25) is 0 Å². The SMILES string of the molecule is Cc1cccc(CCNC(=O)c2ccc(Nc3nc4c(C5=CCN(C(=O)CCC(F)(F)F)CC5)cccn4n3)cc2)n1. The summed E-state index contributed by atoms with van der Waals surface area (Å²) < 4.78 is 39.1. The Morgan fingerprint density at radius 1 is 1.02 bits per heavy atom. The van der Waals surface area contributed by atoms with E-state index in [2.05, 4.69) is 25.7 Å². The molecule has 42 heavy (non-hydrogen) atoms. The van der Waals surface area contributed by atoms with Crippen LogP contribution in [0.5, 0.6) is 0 Å². The van der Waals surface area contributed by atoms with Crippen molar-refractivity contribution in [3.8, 4) is 0 Å². The zero-order valence-electron chi connectivity index (χ0n) is 23.0. The third kappa shape index (κ3) is 7.31. The molecule has 12 heteroatoms. The highest BCUT2D eigenvalue weighted by atomic mass is 19.4. The van der Waals surface area contributed by atoms with E-state index in [0.717, 1.165) is 22.5 Å². The number of benzene rings is 1. The van der Waals surface area contributed by atoms with Gasteiger partial charge in [-0.3, -0.25) is 14.6 Å². The molecule has 0 spiro atoms. The molecule has 1 aliphatic rings. The number of aryl methyl sites for hydroxylation is 1. The Hall–Kier alpha value is -4.74. The number of halogens is 3. The maximum absolute atomic E-state index is 12.6. The molecular formula is C30H30F3N7O2. The molecule has 2 amide bonds. The highest BCUT2D eigenvalue weighted by Gasteiger charge is 2.29. The summed E-state index contributed by atoms with van der Waals surface area (Å²) in [7, 11) is 0. The summed E-state index contributed by atoms with van der Waals surface area (Å²) in [6.07, 6.45) is -1.24. The summed E-state index contributed by atoms with van der Waals surface area (Å²) in [5.41, 5.74) is 5.50. The fraction of sp³-hybridized carbons (Fsp3) is 0.300. The van der Waals surface area contributed by atoms with E-state index >= 15 is 0 Å². The van der Waals surface area contributed by atoms with E-state index in [1.54, 1.807) is 35.0 Å². The Morgan fingerprint density at radius 2 is 1.83 bits per heavy atom. The van der Waals surface area contributed by atoms with Crippen LogP contribution in [0.1, 0.15) is 46.6 Å². The second-order valence-electron chi connectivity index (χ2n) is 10.0. The molecule has 218 valence electrons. The number of pyridine rings is 2. The number of amides is 2. The molecule has 0 saturated carbocycles. The molecule has 0 radical (unpaired) electrons. The molecule has 5 rings (SSSR count). The minimum atomic E-state index is -4.35. The van der Waals surface area contributed by atoms with E-state index in [-0.39, 0.29) is 12.5 Å². The van der Waals surface area contributed by atoms with Gasteiger partial charge in [0.1, 0.15) is 0 Å². The van der Waals surface area contributed by atoms with Gasteiger partial charge in [-0.15, -0.1) is 5.10 Å². The lowest BCUT2D eigenvalue weighted by atomic mass is 10.00. The molecule has 3 aromatic heterocycles. The predicted octanol–water partition coefficient (Wildman–Crippen LogP) is 5.11. The number of carbonyl (C=O) groups is 2. The lowest BCUT2D eigenvalue weighted by Gasteiger charge is -2.27. The van der Waals surface area contributed by atoms with Crippen LogP contribution in [0.3, 0.4) is 0 Å². The quantitative estimate of drug-likeness (QED) is 0.287. The molecule has 0 atom stereocenters. The van der Waals surface area contributed by atoms with Crippen molar-refractivity contribution >= 4 is 34.7 Å². The van der Waals surface area contributed by atoms with Gasteiger partial charge in [0.25, 0.3) is 5.91 Å². The minimum Gasteiger partial charge on any atom is -0.352 e. The van der Waals surface area contributed by atoms with Gasteiger partial charge < -0.3 is 15.5 Å². The molecule has 0 unspecified atom stereocenters. The van der Waals surface area contributed by atoms with E-state index in [9.17, 15) is 22.8 Å². The highest BCUT2D eigenvalue weighted by Crippen LogP contribution is 2.28. The first-order valence-electron chi connectivity index (χ1n) is 13.6. The van der Waals surface area contributed by atoms with Gasteiger partial charge in [-0.1, -0.05) is 12.1 Å². The minimum absolute atomic E-state index is 0.175. The van der Waals surface area contributed by atoms with Crippen molar-refractivity contribution in [1.82, 2.24) is 29.8 Å². The normalized spacial score (nSPS) is 13.6. The molecule has 9 nitrogen and oxygen atoms in total. The van der Waals surface area contributed by atoms with Crippen LogP contribution in [-0.4, -0.2) is 62.1 Å². The number of nitrogens with one attached hydrogen (secondary N) is 2. The second-order valence-corrected chi connectivity index (χ2v) is 10.0. The molecule has 0 bridgehead atoms. The third-order valence-electron chi connectivity index (χ3n) is 6.91. The van der Waals surface area contributed by atoms with Crippen LogP contribution in [-0.2, 0) is 11.2 Å². The summed E-state index contributed by atoms with van der Waals surface area (Å²) >= 11 is 0. The van der Waals surface area contributed by atoms with E-state index in [4.69, 9.17) is 0 Å². The van der Waals surface area contributed by atoms with Crippen LogP contribution in [0.15, 0.2) is 66.9 Å². The highest BCUT2D eigenvalue weighted by molar-refractivity contribution is 5.94. The average molecular weight is 578 g/mol. The number of fused-ring (bicyclic) bond motifs is 1. The monoisotopic (exact) mass is 577 g/mol. The van der Waals surface area contributed by atoms with Crippen LogP contribution >= 0.6 is 0 Å². The van der Waals surface area contributed by atoms with Gasteiger partial charge in [-0.25, -0.2) is 4.52 Å². The van der Waals surface area contributed by atoms with Crippen molar-refractivity contribution in [2.24, 2.45) is 0 Å². The maximum Gasteiger partial charge on any atom is 0.389 e. The van der Waals surface area contributed by atoms with Crippen LogP contribution < -0.4 is 10.6 Å². The predicted molar refractivity (Wildman–Crippen MR) is 152 cm³/mol. The van der Waals surface area contributed by atoms with E-state index < -0.39 is 24.9 Å². The number of anilines is 2. The van der Waals surface area contributed by atoms with Crippen molar-refractivity contribution in [2.75, 3.05) is 25.0 Å². The van der Waals surface area contributed by atoms with Crippen molar-refractivity contribution in [1.29, 1.82) is 0 Å². The number of hydrogen-bond acceptors (Lipinski definition) is 6. The fourth-order valence-corrected chi connectivity index (χ4v) is 4.74. The van der Waals surface area contributed by atoms with Crippen molar-refractivity contribution in [3.05, 3.63) is 89.4 Å². The zero-order chi connectivity index (χ0) is 29.7. The molecule has 0 fully saturated rings. The van der Waals surface area contributed by atoms with Crippen LogP contribution in [0.25, 0.3) is 11.2 Å². The first-order valence-corrected chi connectivity index (χ1v) is 13.6. The Kier molecular flexibility index (Phi) is 8.51. The number of nitrogens with zero attached hydrogens (tertiary/aromatic N) is 5. The maximum atomic E-state index is 12.6. The van der Waals surface area contributed by atoms with Crippen molar-refractivity contribution < 1.29 is 22.8 Å². The lowest BCUT2D eigenvalue weighted by Crippen LogP contribution is -2.35. The molecule has 0 aliphatic carbocycles. The fourth-order valence-electron chi connectivity index (χ4n) is 4.74. The molecule has 2 N–H and O–H groups in total. The van der Waals surface area contributed by atoms with Gasteiger partial charge in [0, 0.05) is 66.9 Å². The number of hydrogen-bond donors (Lipinski definition) is 2. The Labute approximate surface area is 240 Å². The first kappa shape index (κ1) is 28.8. The lowest BCUT2D eigenvalue weighted by molar-refractivity contribution is -0.148. The van der Waals surface area contributed by atoms with Crippen molar-refractivity contribution in [2.45, 2.75) is 38.8 Å².